The number of benzene rings is 2. The molecule has 1 aliphatic rings. The van der Waals surface area contributed by atoms with Gasteiger partial charge in [-0.1, -0.05) is 42.5 Å². The molecule has 6 nitrogen and oxygen atoms in total. The van der Waals surface area contributed by atoms with E-state index in [4.69, 9.17) is 5.26 Å². The maximum absolute atomic E-state index is 12.7. The van der Waals surface area contributed by atoms with Crippen LogP contribution in [-0.4, -0.2) is 32.2 Å². The molecule has 0 unspecified atom stereocenters. The Morgan fingerprint density at radius 1 is 1.19 bits per heavy atom. The molecule has 0 radical (unpaired) electrons. The molecule has 0 aromatic heterocycles. The lowest BCUT2D eigenvalue weighted by molar-refractivity contribution is -0.122. The van der Waals surface area contributed by atoms with Gasteiger partial charge in [0, 0.05) is 7.05 Å². The molecule has 0 heterocycles. The zero-order chi connectivity index (χ0) is 19.4. The van der Waals surface area contributed by atoms with Crippen LogP contribution in [-0.2, 0) is 14.8 Å². The standard InChI is InChI=1S/C20H21N3O3S/c1-23(27(25,26)18-10-6-5-9-17(18)13-21)14-19(24)22-20(16-11-12-16)15-7-3-2-4-8-15/h2-10,16,20H,11-12,14H2,1H3,(H,22,24)/t20-/m0/s1. The van der Waals surface area contributed by atoms with Crippen molar-refractivity contribution in [2.75, 3.05) is 13.6 Å². The number of nitrogens with one attached hydrogen (secondary N) is 1. The Hall–Kier alpha value is -2.69. The number of nitriles is 1. The molecular formula is C20H21N3O3S. The van der Waals surface area contributed by atoms with Gasteiger partial charge in [-0.25, -0.2) is 8.42 Å². The third-order valence-electron chi connectivity index (χ3n) is 4.63. The fourth-order valence-corrected chi connectivity index (χ4v) is 4.29. The first-order chi connectivity index (χ1) is 12.9. The maximum atomic E-state index is 12.7. The second kappa shape index (κ2) is 7.91. The largest absolute Gasteiger partial charge is 0.348 e. The topological polar surface area (TPSA) is 90.3 Å². The van der Waals surface area contributed by atoms with Gasteiger partial charge >= 0.3 is 0 Å². The molecule has 1 N–H and O–H groups in total. The Morgan fingerprint density at radius 3 is 2.44 bits per heavy atom. The number of carbonyl (C=O) groups excluding carboxylic acids is 1. The molecule has 140 valence electrons. The average Bonchev–Trinajstić information content (AvgIpc) is 3.51. The second-order valence-corrected chi connectivity index (χ2v) is 8.68. The average molecular weight is 383 g/mol. The molecule has 1 fully saturated rings. The van der Waals surface area contributed by atoms with Crippen LogP contribution in [0.4, 0.5) is 0 Å². The van der Waals surface area contributed by atoms with Gasteiger partial charge in [0.2, 0.25) is 15.9 Å². The van der Waals surface area contributed by atoms with Crippen LogP contribution in [0.25, 0.3) is 0 Å². The molecule has 0 bridgehead atoms. The number of nitrogens with zero attached hydrogens (tertiary/aromatic N) is 2. The van der Waals surface area contributed by atoms with E-state index in [1.807, 2.05) is 36.4 Å². The minimum atomic E-state index is -3.93. The molecule has 1 atom stereocenters. The van der Waals surface area contributed by atoms with Crippen molar-refractivity contribution in [2.24, 2.45) is 5.92 Å². The number of rotatable bonds is 7. The molecule has 0 spiro atoms. The van der Waals surface area contributed by atoms with Gasteiger partial charge in [0.05, 0.1) is 23.0 Å². The number of amides is 1. The van der Waals surface area contributed by atoms with Crippen LogP contribution < -0.4 is 5.32 Å². The third-order valence-corrected chi connectivity index (χ3v) is 6.49. The molecule has 0 saturated heterocycles. The van der Waals surface area contributed by atoms with E-state index in [0.717, 1.165) is 22.7 Å². The number of likely N-dealkylation sites (N-methyl/N-ethyl adjacent to an activating group) is 1. The van der Waals surface area contributed by atoms with E-state index in [9.17, 15) is 13.2 Å². The molecule has 7 heteroatoms. The van der Waals surface area contributed by atoms with Crippen molar-refractivity contribution in [3.8, 4) is 6.07 Å². The zero-order valence-electron chi connectivity index (χ0n) is 15.0. The van der Waals surface area contributed by atoms with Crippen molar-refractivity contribution in [3.05, 3.63) is 65.7 Å². The van der Waals surface area contributed by atoms with Crippen molar-refractivity contribution in [1.29, 1.82) is 5.26 Å². The maximum Gasteiger partial charge on any atom is 0.244 e. The van der Waals surface area contributed by atoms with E-state index in [1.165, 1.54) is 19.2 Å². The Morgan fingerprint density at radius 2 is 1.81 bits per heavy atom. The predicted octanol–water partition coefficient (Wildman–Crippen LogP) is 2.45. The van der Waals surface area contributed by atoms with Gasteiger partial charge in [-0.15, -0.1) is 0 Å². The molecule has 0 aliphatic heterocycles. The first-order valence-electron chi connectivity index (χ1n) is 8.73. The summed E-state index contributed by atoms with van der Waals surface area (Å²) in [5.41, 5.74) is 1.08. The minimum absolute atomic E-state index is 0.0601. The summed E-state index contributed by atoms with van der Waals surface area (Å²) in [7, 11) is -2.59. The highest BCUT2D eigenvalue weighted by molar-refractivity contribution is 7.89. The molecule has 1 saturated carbocycles. The molecule has 1 amide bonds. The highest BCUT2D eigenvalue weighted by Gasteiger charge is 2.34. The van der Waals surface area contributed by atoms with E-state index in [2.05, 4.69) is 5.32 Å². The molecular weight excluding hydrogens is 362 g/mol. The van der Waals surface area contributed by atoms with Crippen LogP contribution in [0.5, 0.6) is 0 Å². The van der Waals surface area contributed by atoms with Crippen LogP contribution in [0.1, 0.15) is 30.0 Å². The van der Waals surface area contributed by atoms with E-state index >= 15 is 0 Å². The Balaban J connectivity index is 1.72. The lowest BCUT2D eigenvalue weighted by Gasteiger charge is -2.22. The number of carbonyl (C=O) groups is 1. The highest BCUT2D eigenvalue weighted by Crippen LogP contribution is 2.40. The Labute approximate surface area is 159 Å². The highest BCUT2D eigenvalue weighted by atomic mass is 32.2. The quantitative estimate of drug-likeness (QED) is 0.795. The van der Waals surface area contributed by atoms with Crippen LogP contribution in [0, 0.1) is 17.2 Å². The van der Waals surface area contributed by atoms with Crippen molar-refractivity contribution < 1.29 is 13.2 Å². The van der Waals surface area contributed by atoms with Gasteiger partial charge in [0.1, 0.15) is 6.07 Å². The van der Waals surface area contributed by atoms with Gasteiger partial charge in [0.15, 0.2) is 0 Å². The van der Waals surface area contributed by atoms with Crippen molar-refractivity contribution in [3.63, 3.8) is 0 Å². The monoisotopic (exact) mass is 383 g/mol. The third kappa shape index (κ3) is 4.35. The summed E-state index contributed by atoms with van der Waals surface area (Å²) >= 11 is 0. The van der Waals surface area contributed by atoms with E-state index < -0.39 is 10.0 Å². The lowest BCUT2D eigenvalue weighted by Crippen LogP contribution is -2.40. The van der Waals surface area contributed by atoms with Crippen LogP contribution >= 0.6 is 0 Å². The number of sulfonamides is 1. The minimum Gasteiger partial charge on any atom is -0.348 e. The molecule has 2 aromatic carbocycles. The fraction of sp³-hybridized carbons (Fsp3) is 0.300. The first-order valence-corrected chi connectivity index (χ1v) is 10.2. The van der Waals surface area contributed by atoms with E-state index in [-0.39, 0.29) is 29.0 Å². The zero-order valence-corrected chi connectivity index (χ0v) is 15.8. The summed E-state index contributed by atoms with van der Waals surface area (Å²) in [6, 6.07) is 17.4. The van der Waals surface area contributed by atoms with E-state index in [1.54, 1.807) is 12.1 Å². The van der Waals surface area contributed by atoms with Crippen molar-refractivity contribution in [2.45, 2.75) is 23.8 Å². The van der Waals surface area contributed by atoms with Crippen LogP contribution in [0.3, 0.4) is 0 Å². The molecule has 27 heavy (non-hydrogen) atoms. The summed E-state index contributed by atoms with van der Waals surface area (Å²) < 4.78 is 26.5. The SMILES string of the molecule is CN(CC(=O)N[C@@H](c1ccccc1)C1CC1)S(=O)(=O)c1ccccc1C#N. The lowest BCUT2D eigenvalue weighted by atomic mass is 10.0. The summed E-state index contributed by atoms with van der Waals surface area (Å²) in [6.45, 7) is -0.307. The Bertz CT molecular complexity index is 963. The fourth-order valence-electron chi connectivity index (χ4n) is 3.02. The normalized spacial score (nSPS) is 15.1. The second-order valence-electron chi connectivity index (χ2n) is 6.66. The molecule has 2 aromatic rings. The van der Waals surface area contributed by atoms with Gasteiger partial charge in [-0.3, -0.25) is 4.79 Å². The summed E-state index contributed by atoms with van der Waals surface area (Å²) in [4.78, 5) is 12.4. The van der Waals surface area contributed by atoms with E-state index in [0.29, 0.717) is 5.92 Å². The number of hydrogen-bond donors (Lipinski definition) is 1. The summed E-state index contributed by atoms with van der Waals surface area (Å²) in [6.07, 6.45) is 2.09. The molecule has 1 aliphatic carbocycles. The van der Waals surface area contributed by atoms with Crippen molar-refractivity contribution in [1.82, 2.24) is 9.62 Å². The Kier molecular flexibility index (Phi) is 5.59. The van der Waals surface area contributed by atoms with Gasteiger partial charge < -0.3 is 5.32 Å². The van der Waals surface area contributed by atoms with Gasteiger partial charge in [-0.2, -0.15) is 9.57 Å². The van der Waals surface area contributed by atoms with Crippen LogP contribution in [0.15, 0.2) is 59.5 Å². The number of hydrogen-bond acceptors (Lipinski definition) is 4. The van der Waals surface area contributed by atoms with Crippen LogP contribution in [0.2, 0.25) is 0 Å². The van der Waals surface area contributed by atoms with Crippen molar-refractivity contribution >= 4 is 15.9 Å². The molecule has 3 rings (SSSR count). The van der Waals surface area contributed by atoms with Gasteiger partial charge in [0.25, 0.3) is 0 Å². The van der Waals surface area contributed by atoms with Gasteiger partial charge in [-0.05, 0) is 36.5 Å². The first kappa shape index (κ1) is 19.1. The smallest absolute Gasteiger partial charge is 0.244 e. The summed E-state index contributed by atoms with van der Waals surface area (Å²) in [5, 5.41) is 12.1. The predicted molar refractivity (Wildman–Crippen MR) is 101 cm³/mol. The summed E-state index contributed by atoms with van der Waals surface area (Å²) in [5.74, 6) is 0.0221.